The fourth-order valence-corrected chi connectivity index (χ4v) is 3.30. The molecule has 2 aliphatic rings. The van der Waals surface area contributed by atoms with Crippen LogP contribution in [0.2, 0.25) is 0 Å². The van der Waals surface area contributed by atoms with E-state index < -0.39 is 11.2 Å². The number of hydrogen-bond donors (Lipinski definition) is 2. The van der Waals surface area contributed by atoms with Crippen molar-refractivity contribution in [2.75, 3.05) is 6.54 Å². The average molecular weight is 393 g/mol. The summed E-state index contributed by atoms with van der Waals surface area (Å²) in [5.74, 6) is -0.00695. The maximum atomic E-state index is 13.0. The fraction of sp³-hybridized carbons (Fsp3) is 0.238. The van der Waals surface area contributed by atoms with Gasteiger partial charge in [0.15, 0.2) is 11.5 Å². The van der Waals surface area contributed by atoms with E-state index in [1.54, 1.807) is 12.1 Å². The number of H-pyrrole nitrogens is 1. The Labute approximate surface area is 165 Å². The number of aromatic nitrogens is 4. The number of nitrogens with zero attached hydrogens (tertiary/aromatic N) is 3. The monoisotopic (exact) mass is 393 g/mol. The van der Waals surface area contributed by atoms with Crippen LogP contribution in [0.1, 0.15) is 16.7 Å². The molecule has 0 spiro atoms. The van der Waals surface area contributed by atoms with Gasteiger partial charge in [-0.2, -0.15) is 4.98 Å². The van der Waals surface area contributed by atoms with E-state index in [1.807, 2.05) is 30.5 Å². The first-order valence-corrected chi connectivity index (χ1v) is 9.29. The topological polar surface area (TPSA) is 92.7 Å². The Morgan fingerprint density at radius 1 is 1.07 bits per heavy atom. The zero-order valence-corrected chi connectivity index (χ0v) is 16.1. The summed E-state index contributed by atoms with van der Waals surface area (Å²) in [7, 11) is 0. The van der Waals surface area contributed by atoms with Gasteiger partial charge < -0.3 is 9.88 Å². The predicted octanol–water partition coefficient (Wildman–Crippen LogP) is 2.13. The Balaban J connectivity index is 1.70. The van der Waals surface area contributed by atoms with E-state index in [2.05, 4.69) is 20.3 Å². The van der Waals surface area contributed by atoms with Gasteiger partial charge in [-0.1, -0.05) is 12.1 Å². The van der Waals surface area contributed by atoms with Crippen LogP contribution in [0.15, 0.2) is 46.0 Å². The minimum atomic E-state index is -0.694. The second-order valence-electron chi connectivity index (χ2n) is 7.04. The van der Waals surface area contributed by atoms with E-state index in [0.717, 1.165) is 22.2 Å². The van der Waals surface area contributed by atoms with Gasteiger partial charge in [0.1, 0.15) is 5.82 Å². The van der Waals surface area contributed by atoms with Crippen LogP contribution in [0.4, 0.5) is 4.39 Å². The second kappa shape index (κ2) is 7.56. The summed E-state index contributed by atoms with van der Waals surface area (Å²) >= 11 is 0. The summed E-state index contributed by atoms with van der Waals surface area (Å²) in [5, 5.41) is 3.30. The standard InChI is InChI=1S/C21H20FN5O2/c1-12-9-16-17(10-13(12)2)27(19-18(24-16)20(28)26-21(29)25-19)8-7-23-11-14-3-5-15(22)6-4-14/h3-6,9-10,23H,7-8,11H2,1-2H3,(H,26,28,29). The molecule has 7 nitrogen and oxygen atoms in total. The molecule has 0 radical (unpaired) electrons. The lowest BCUT2D eigenvalue weighted by atomic mass is 10.1. The minimum absolute atomic E-state index is 0.138. The Kier molecular flexibility index (Phi) is 4.94. The predicted molar refractivity (Wildman–Crippen MR) is 109 cm³/mol. The first-order valence-electron chi connectivity index (χ1n) is 9.29. The lowest BCUT2D eigenvalue weighted by molar-refractivity contribution is 0.599. The maximum absolute atomic E-state index is 13.0. The number of nitrogens with one attached hydrogen (secondary N) is 2. The molecule has 2 aromatic rings. The van der Waals surface area contributed by atoms with Gasteiger partial charge in [0.2, 0.25) is 0 Å². The van der Waals surface area contributed by atoms with Crippen molar-refractivity contribution in [1.29, 1.82) is 0 Å². The van der Waals surface area contributed by atoms with Crippen LogP contribution < -0.4 is 16.6 Å². The van der Waals surface area contributed by atoms with Crippen molar-refractivity contribution >= 4 is 11.0 Å². The molecule has 29 heavy (non-hydrogen) atoms. The fourth-order valence-electron chi connectivity index (χ4n) is 3.30. The molecule has 148 valence electrons. The Morgan fingerprint density at radius 2 is 1.79 bits per heavy atom. The lowest BCUT2D eigenvalue weighted by Gasteiger charge is -2.18. The molecular formula is C21H20FN5O2. The van der Waals surface area contributed by atoms with Crippen molar-refractivity contribution < 1.29 is 4.39 Å². The highest BCUT2D eigenvalue weighted by Gasteiger charge is 2.18. The third-order valence-electron chi connectivity index (χ3n) is 4.98. The molecule has 0 bridgehead atoms. The number of hydrogen-bond acceptors (Lipinski definition) is 5. The number of fused-ring (bicyclic) bond motifs is 2. The molecule has 0 atom stereocenters. The van der Waals surface area contributed by atoms with Gasteiger partial charge in [-0.3, -0.25) is 9.78 Å². The summed E-state index contributed by atoms with van der Waals surface area (Å²) < 4.78 is 14.9. The molecule has 0 saturated carbocycles. The first kappa shape index (κ1) is 18.9. The normalized spacial score (nSPS) is 11.4. The van der Waals surface area contributed by atoms with Gasteiger partial charge in [-0.05, 0) is 54.8 Å². The molecule has 0 aliphatic carbocycles. The molecule has 2 aromatic carbocycles. The van der Waals surface area contributed by atoms with E-state index >= 15 is 0 Å². The van der Waals surface area contributed by atoms with Crippen molar-refractivity contribution in [1.82, 2.24) is 24.8 Å². The van der Waals surface area contributed by atoms with Gasteiger partial charge in [0.25, 0.3) is 5.56 Å². The molecule has 2 aliphatic heterocycles. The quantitative estimate of drug-likeness (QED) is 0.400. The molecule has 0 fully saturated rings. The summed E-state index contributed by atoms with van der Waals surface area (Å²) in [6.07, 6.45) is 0. The van der Waals surface area contributed by atoms with Crippen molar-refractivity contribution in [2.45, 2.75) is 26.9 Å². The van der Waals surface area contributed by atoms with E-state index in [-0.39, 0.29) is 17.3 Å². The maximum Gasteiger partial charge on any atom is 0.349 e. The highest BCUT2D eigenvalue weighted by molar-refractivity contribution is 5.81. The van der Waals surface area contributed by atoms with E-state index in [0.29, 0.717) is 25.2 Å². The molecule has 2 N–H and O–H groups in total. The molecule has 0 aromatic heterocycles. The molecule has 2 heterocycles. The Morgan fingerprint density at radius 3 is 2.55 bits per heavy atom. The Hall–Kier alpha value is -3.39. The number of benzene rings is 2. The third-order valence-corrected chi connectivity index (χ3v) is 4.98. The first-order chi connectivity index (χ1) is 13.9. The van der Waals surface area contributed by atoms with Crippen LogP contribution >= 0.6 is 0 Å². The average Bonchev–Trinajstić information content (AvgIpc) is 2.68. The smallest absolute Gasteiger partial charge is 0.321 e. The number of aromatic amines is 1. The summed E-state index contributed by atoms with van der Waals surface area (Å²) in [5.41, 5.74) is 3.48. The summed E-state index contributed by atoms with van der Waals surface area (Å²) in [4.78, 5) is 34.7. The van der Waals surface area contributed by atoms with Gasteiger partial charge >= 0.3 is 5.69 Å². The van der Waals surface area contributed by atoms with Crippen LogP contribution in [-0.4, -0.2) is 26.1 Å². The van der Waals surface area contributed by atoms with Crippen LogP contribution in [0.25, 0.3) is 22.6 Å². The van der Waals surface area contributed by atoms with Crippen molar-refractivity contribution in [3.63, 3.8) is 0 Å². The molecule has 0 amide bonds. The third kappa shape index (κ3) is 3.79. The van der Waals surface area contributed by atoms with Crippen LogP contribution in [0.5, 0.6) is 0 Å². The largest absolute Gasteiger partial charge is 0.349 e. The van der Waals surface area contributed by atoms with Crippen molar-refractivity contribution in [2.24, 2.45) is 0 Å². The molecule has 0 saturated heterocycles. The summed E-state index contributed by atoms with van der Waals surface area (Å²) in [6, 6.07) is 10.2. The zero-order chi connectivity index (χ0) is 20.5. The molecule has 4 rings (SSSR count). The lowest BCUT2D eigenvalue weighted by Crippen LogP contribution is -2.30. The Bertz CT molecular complexity index is 1280. The van der Waals surface area contributed by atoms with E-state index in [1.165, 1.54) is 12.1 Å². The van der Waals surface area contributed by atoms with Gasteiger partial charge in [0.05, 0.1) is 11.0 Å². The van der Waals surface area contributed by atoms with Crippen LogP contribution in [-0.2, 0) is 13.1 Å². The SMILES string of the molecule is Cc1cc2nc3c(=O)[nH]c(=O)nc-3n(CCNCc3ccc(F)cc3)c2cc1C. The molecule has 8 heteroatoms. The van der Waals surface area contributed by atoms with E-state index in [9.17, 15) is 14.0 Å². The van der Waals surface area contributed by atoms with Crippen LogP contribution in [0.3, 0.4) is 0 Å². The summed E-state index contributed by atoms with van der Waals surface area (Å²) in [6.45, 7) is 5.60. The van der Waals surface area contributed by atoms with Gasteiger partial charge in [-0.25, -0.2) is 14.2 Å². The van der Waals surface area contributed by atoms with Crippen LogP contribution in [0, 0.1) is 19.7 Å². The van der Waals surface area contributed by atoms with Crippen molar-refractivity contribution in [3.8, 4) is 11.5 Å². The highest BCUT2D eigenvalue weighted by Crippen LogP contribution is 2.23. The molecule has 0 unspecified atom stereocenters. The number of aryl methyl sites for hydroxylation is 2. The van der Waals surface area contributed by atoms with E-state index in [4.69, 9.17) is 0 Å². The number of rotatable bonds is 5. The highest BCUT2D eigenvalue weighted by atomic mass is 19.1. The number of halogens is 1. The van der Waals surface area contributed by atoms with Crippen molar-refractivity contribution in [3.05, 3.63) is 79.7 Å². The zero-order valence-electron chi connectivity index (χ0n) is 16.1. The molecular weight excluding hydrogens is 373 g/mol. The van der Waals surface area contributed by atoms with Gasteiger partial charge in [0, 0.05) is 19.6 Å². The second-order valence-corrected chi connectivity index (χ2v) is 7.04. The minimum Gasteiger partial charge on any atom is -0.321 e. The van der Waals surface area contributed by atoms with Gasteiger partial charge in [-0.15, -0.1) is 0 Å².